The molecule has 0 bridgehead atoms. The number of nitrogens with zero attached hydrogens (tertiary/aromatic N) is 1. The van der Waals surface area contributed by atoms with Crippen LogP contribution in [0.15, 0.2) is 23.1 Å². The number of carbonyl (C=O) groups excluding carboxylic acids is 1. The van der Waals surface area contributed by atoms with Crippen molar-refractivity contribution in [3.05, 3.63) is 28.7 Å². The lowest BCUT2D eigenvalue weighted by molar-refractivity contribution is -0.116. The van der Waals surface area contributed by atoms with E-state index in [0.29, 0.717) is 18.7 Å². The predicted molar refractivity (Wildman–Crippen MR) is 77.1 cm³/mol. The molecule has 0 radical (unpaired) electrons. The van der Waals surface area contributed by atoms with Crippen LogP contribution >= 0.6 is 0 Å². The Morgan fingerprint density at radius 2 is 2.11 bits per heavy atom. The van der Waals surface area contributed by atoms with Crippen molar-refractivity contribution in [2.24, 2.45) is 5.73 Å². The fourth-order valence-corrected chi connectivity index (χ4v) is 1.94. The van der Waals surface area contributed by atoms with Crippen LogP contribution in [0.25, 0.3) is 0 Å². The van der Waals surface area contributed by atoms with Gasteiger partial charge in [-0.2, -0.15) is 0 Å². The predicted octanol–water partition coefficient (Wildman–Crippen LogP) is 1.71. The Hall–Kier alpha value is -1.62. The third-order valence-electron chi connectivity index (χ3n) is 2.84. The van der Waals surface area contributed by atoms with Gasteiger partial charge >= 0.3 is 0 Å². The first-order valence-corrected chi connectivity index (χ1v) is 6.82. The average molecular weight is 265 g/mol. The molecule has 0 aromatic carbocycles. The van der Waals surface area contributed by atoms with Crippen molar-refractivity contribution < 1.29 is 4.79 Å². The van der Waals surface area contributed by atoms with Gasteiger partial charge in [-0.05, 0) is 18.9 Å². The second-order valence-electron chi connectivity index (χ2n) is 4.75. The number of aryl methyl sites for hydroxylation is 1. The molecule has 0 aliphatic rings. The normalized spacial score (nSPS) is 12.2. The zero-order valence-electron chi connectivity index (χ0n) is 11.7. The Morgan fingerprint density at radius 1 is 1.37 bits per heavy atom. The Balaban J connectivity index is 2.64. The van der Waals surface area contributed by atoms with E-state index in [1.165, 1.54) is 6.07 Å². The minimum Gasteiger partial charge on any atom is -0.327 e. The fourth-order valence-electron chi connectivity index (χ4n) is 1.94. The molecule has 0 aliphatic heterocycles. The SMILES string of the molecule is CCCC(N)CC(=O)Nc1ccc(=O)n(CCC)c1. The molecule has 1 atom stereocenters. The van der Waals surface area contributed by atoms with Crippen LogP contribution in [-0.2, 0) is 11.3 Å². The van der Waals surface area contributed by atoms with Gasteiger partial charge in [0.05, 0.1) is 5.69 Å². The van der Waals surface area contributed by atoms with Gasteiger partial charge in [0.2, 0.25) is 5.91 Å². The summed E-state index contributed by atoms with van der Waals surface area (Å²) < 4.78 is 1.60. The Morgan fingerprint density at radius 3 is 2.74 bits per heavy atom. The van der Waals surface area contributed by atoms with Crippen LogP contribution in [0.5, 0.6) is 0 Å². The van der Waals surface area contributed by atoms with Crippen molar-refractivity contribution in [2.45, 2.75) is 52.1 Å². The molecule has 0 saturated heterocycles. The summed E-state index contributed by atoms with van der Waals surface area (Å²) >= 11 is 0. The van der Waals surface area contributed by atoms with Gasteiger partial charge in [-0.15, -0.1) is 0 Å². The van der Waals surface area contributed by atoms with Crippen LogP contribution < -0.4 is 16.6 Å². The highest BCUT2D eigenvalue weighted by Gasteiger charge is 2.09. The zero-order chi connectivity index (χ0) is 14.3. The lowest BCUT2D eigenvalue weighted by atomic mass is 10.1. The van der Waals surface area contributed by atoms with E-state index in [2.05, 4.69) is 5.32 Å². The van der Waals surface area contributed by atoms with Crippen molar-refractivity contribution in [3.63, 3.8) is 0 Å². The van der Waals surface area contributed by atoms with E-state index in [-0.39, 0.29) is 17.5 Å². The summed E-state index contributed by atoms with van der Waals surface area (Å²) in [6, 6.07) is 2.99. The van der Waals surface area contributed by atoms with E-state index >= 15 is 0 Å². The summed E-state index contributed by atoms with van der Waals surface area (Å²) in [4.78, 5) is 23.3. The van der Waals surface area contributed by atoms with E-state index in [0.717, 1.165) is 19.3 Å². The molecule has 1 unspecified atom stereocenters. The number of amides is 1. The zero-order valence-corrected chi connectivity index (χ0v) is 11.7. The second kappa shape index (κ2) is 7.74. The quantitative estimate of drug-likeness (QED) is 0.788. The highest BCUT2D eigenvalue weighted by molar-refractivity contribution is 5.90. The first-order chi connectivity index (χ1) is 9.06. The van der Waals surface area contributed by atoms with E-state index in [4.69, 9.17) is 5.73 Å². The number of carbonyl (C=O) groups is 1. The van der Waals surface area contributed by atoms with E-state index in [9.17, 15) is 9.59 Å². The standard InChI is InChI=1S/C14H23N3O2/c1-3-5-11(15)9-13(18)16-12-6-7-14(19)17(10-12)8-4-2/h6-7,10-11H,3-5,8-9,15H2,1-2H3,(H,16,18). The minimum atomic E-state index is -0.109. The molecule has 106 valence electrons. The third kappa shape index (κ3) is 5.26. The van der Waals surface area contributed by atoms with Crippen molar-refractivity contribution in [3.8, 4) is 0 Å². The van der Waals surface area contributed by atoms with Crippen LogP contribution in [0.2, 0.25) is 0 Å². The molecule has 0 fully saturated rings. The smallest absolute Gasteiger partial charge is 0.250 e. The monoisotopic (exact) mass is 265 g/mol. The molecule has 1 amide bonds. The van der Waals surface area contributed by atoms with Gasteiger partial charge in [0.25, 0.3) is 5.56 Å². The minimum absolute atomic E-state index is 0.0532. The van der Waals surface area contributed by atoms with Crippen LogP contribution in [0.3, 0.4) is 0 Å². The second-order valence-corrected chi connectivity index (χ2v) is 4.75. The number of nitrogens with one attached hydrogen (secondary N) is 1. The lowest BCUT2D eigenvalue weighted by Crippen LogP contribution is -2.27. The summed E-state index contributed by atoms with van der Waals surface area (Å²) in [7, 11) is 0. The van der Waals surface area contributed by atoms with Gasteiger partial charge in [-0.25, -0.2) is 0 Å². The highest BCUT2D eigenvalue weighted by Crippen LogP contribution is 2.06. The van der Waals surface area contributed by atoms with Crippen LogP contribution in [0.1, 0.15) is 39.5 Å². The maximum Gasteiger partial charge on any atom is 0.250 e. The van der Waals surface area contributed by atoms with Crippen molar-refractivity contribution in [2.75, 3.05) is 5.32 Å². The van der Waals surface area contributed by atoms with Gasteiger partial charge in [0, 0.05) is 31.3 Å². The first-order valence-electron chi connectivity index (χ1n) is 6.82. The number of hydrogen-bond donors (Lipinski definition) is 2. The Bertz CT molecular complexity index is 468. The molecule has 5 nitrogen and oxygen atoms in total. The third-order valence-corrected chi connectivity index (χ3v) is 2.84. The number of anilines is 1. The number of pyridine rings is 1. The van der Waals surface area contributed by atoms with Crippen molar-refractivity contribution >= 4 is 11.6 Å². The summed E-state index contributed by atoms with van der Waals surface area (Å²) in [5.41, 5.74) is 6.41. The van der Waals surface area contributed by atoms with E-state index < -0.39 is 0 Å². The molecule has 1 aromatic heterocycles. The van der Waals surface area contributed by atoms with Gasteiger partial charge in [0.1, 0.15) is 0 Å². The van der Waals surface area contributed by atoms with Crippen LogP contribution in [-0.4, -0.2) is 16.5 Å². The summed E-state index contributed by atoms with van der Waals surface area (Å²) in [5.74, 6) is -0.109. The fraction of sp³-hybridized carbons (Fsp3) is 0.571. The summed E-state index contributed by atoms with van der Waals surface area (Å²) in [5, 5.41) is 2.78. The van der Waals surface area contributed by atoms with E-state index in [1.54, 1.807) is 16.8 Å². The molecule has 19 heavy (non-hydrogen) atoms. The highest BCUT2D eigenvalue weighted by atomic mass is 16.1. The van der Waals surface area contributed by atoms with Crippen LogP contribution in [0, 0.1) is 0 Å². The molecular weight excluding hydrogens is 242 g/mol. The maximum atomic E-state index is 11.8. The summed E-state index contributed by atoms with van der Waals surface area (Å²) in [6.07, 6.45) is 4.66. The number of aromatic nitrogens is 1. The molecule has 1 heterocycles. The average Bonchev–Trinajstić information content (AvgIpc) is 2.33. The molecule has 1 rings (SSSR count). The molecule has 5 heteroatoms. The number of hydrogen-bond acceptors (Lipinski definition) is 3. The topological polar surface area (TPSA) is 77.1 Å². The molecule has 1 aromatic rings. The number of rotatable bonds is 7. The van der Waals surface area contributed by atoms with Gasteiger partial charge in [-0.1, -0.05) is 20.3 Å². The Labute approximate surface area is 113 Å². The lowest BCUT2D eigenvalue weighted by Gasteiger charge is -2.11. The van der Waals surface area contributed by atoms with Crippen molar-refractivity contribution in [1.82, 2.24) is 4.57 Å². The molecule has 0 spiro atoms. The Kier molecular flexibility index (Phi) is 6.29. The molecule has 0 aliphatic carbocycles. The molecule has 0 saturated carbocycles. The first kappa shape index (κ1) is 15.4. The van der Waals surface area contributed by atoms with E-state index in [1.807, 2.05) is 13.8 Å². The van der Waals surface area contributed by atoms with Gasteiger partial charge in [0.15, 0.2) is 0 Å². The largest absolute Gasteiger partial charge is 0.327 e. The van der Waals surface area contributed by atoms with Crippen molar-refractivity contribution in [1.29, 1.82) is 0 Å². The number of nitrogens with two attached hydrogens (primary N) is 1. The summed E-state index contributed by atoms with van der Waals surface area (Å²) in [6.45, 7) is 4.69. The molecule has 3 N–H and O–H groups in total. The van der Waals surface area contributed by atoms with Gasteiger partial charge < -0.3 is 15.6 Å². The van der Waals surface area contributed by atoms with Crippen LogP contribution in [0.4, 0.5) is 5.69 Å². The molecular formula is C14H23N3O2. The maximum absolute atomic E-state index is 11.8. The van der Waals surface area contributed by atoms with Gasteiger partial charge in [-0.3, -0.25) is 9.59 Å².